The maximum atomic E-state index is 4.36. The molecule has 0 amide bonds. The van der Waals surface area contributed by atoms with Gasteiger partial charge in [0.1, 0.15) is 5.01 Å². The number of nitrogens with zero attached hydrogens (tertiary/aromatic N) is 2. The molecule has 1 aliphatic rings. The molecular weight excluding hydrogens is 216 g/mol. The third-order valence-electron chi connectivity index (χ3n) is 3.12. The Labute approximate surface area is 99.6 Å². The minimum atomic E-state index is 1.11. The van der Waals surface area contributed by atoms with E-state index >= 15 is 0 Å². The molecule has 0 N–H and O–H groups in total. The number of fused-ring (bicyclic) bond motifs is 1. The lowest BCUT2D eigenvalue weighted by molar-refractivity contribution is 0.745. The molecule has 2 aromatic rings. The number of hydrogen-bond donors (Lipinski definition) is 0. The standard InChI is InChI=1S/C13H14N2S/c1-15-7-2-3-10-4-5-11(9-12(10)15)13-14-6-8-16-13/h4-6,8-9H,2-3,7H2,1H3. The van der Waals surface area contributed by atoms with Crippen LogP contribution in [0.25, 0.3) is 10.6 Å². The molecule has 1 aromatic carbocycles. The monoisotopic (exact) mass is 230 g/mol. The van der Waals surface area contributed by atoms with Gasteiger partial charge in [0.15, 0.2) is 0 Å². The van der Waals surface area contributed by atoms with E-state index < -0.39 is 0 Å². The molecule has 3 heteroatoms. The van der Waals surface area contributed by atoms with Crippen LogP contribution in [0.3, 0.4) is 0 Å². The Morgan fingerprint density at radius 3 is 3.12 bits per heavy atom. The van der Waals surface area contributed by atoms with Gasteiger partial charge >= 0.3 is 0 Å². The number of thiazole rings is 1. The molecule has 0 spiro atoms. The summed E-state index contributed by atoms with van der Waals surface area (Å²) >= 11 is 1.70. The molecule has 1 aliphatic heterocycles. The molecule has 3 rings (SSSR count). The van der Waals surface area contributed by atoms with E-state index in [9.17, 15) is 0 Å². The quantitative estimate of drug-likeness (QED) is 0.748. The lowest BCUT2D eigenvalue weighted by Crippen LogP contribution is -2.24. The maximum Gasteiger partial charge on any atom is 0.123 e. The lowest BCUT2D eigenvalue weighted by atomic mass is 10.0. The van der Waals surface area contributed by atoms with Gasteiger partial charge in [-0.05, 0) is 24.5 Å². The minimum absolute atomic E-state index is 1.11. The highest BCUT2D eigenvalue weighted by Gasteiger charge is 2.14. The van der Waals surface area contributed by atoms with Gasteiger partial charge in [-0.15, -0.1) is 11.3 Å². The van der Waals surface area contributed by atoms with E-state index in [0.29, 0.717) is 0 Å². The molecule has 0 unspecified atom stereocenters. The van der Waals surface area contributed by atoms with E-state index in [1.54, 1.807) is 11.3 Å². The average molecular weight is 230 g/mol. The first-order valence-electron chi connectivity index (χ1n) is 5.58. The van der Waals surface area contributed by atoms with Crippen LogP contribution in [0, 0.1) is 0 Å². The van der Waals surface area contributed by atoms with Gasteiger partial charge < -0.3 is 4.90 Å². The molecule has 0 bridgehead atoms. The Kier molecular flexibility index (Phi) is 2.40. The number of hydrogen-bond acceptors (Lipinski definition) is 3. The van der Waals surface area contributed by atoms with Gasteiger partial charge in [0.05, 0.1) is 0 Å². The van der Waals surface area contributed by atoms with Gasteiger partial charge in [-0.3, -0.25) is 0 Å². The van der Waals surface area contributed by atoms with E-state index in [2.05, 4.69) is 35.1 Å². The summed E-state index contributed by atoms with van der Waals surface area (Å²) in [4.78, 5) is 6.70. The Morgan fingerprint density at radius 1 is 1.38 bits per heavy atom. The highest BCUT2D eigenvalue weighted by molar-refractivity contribution is 7.13. The fourth-order valence-corrected chi connectivity index (χ4v) is 2.89. The summed E-state index contributed by atoms with van der Waals surface area (Å²) in [5.41, 5.74) is 4.08. The van der Waals surface area contributed by atoms with Crippen molar-refractivity contribution < 1.29 is 0 Å². The van der Waals surface area contributed by atoms with Crippen LogP contribution in [0.5, 0.6) is 0 Å². The van der Waals surface area contributed by atoms with Gasteiger partial charge in [-0.1, -0.05) is 12.1 Å². The number of aromatic nitrogens is 1. The van der Waals surface area contributed by atoms with Crippen molar-refractivity contribution in [3.05, 3.63) is 35.3 Å². The van der Waals surface area contributed by atoms with Gasteiger partial charge in [-0.25, -0.2) is 4.98 Å². The fourth-order valence-electron chi connectivity index (χ4n) is 2.26. The maximum absolute atomic E-state index is 4.36. The van der Waals surface area contributed by atoms with Crippen molar-refractivity contribution in [1.82, 2.24) is 4.98 Å². The van der Waals surface area contributed by atoms with E-state index in [1.165, 1.54) is 29.7 Å². The zero-order chi connectivity index (χ0) is 11.0. The number of anilines is 1. The predicted molar refractivity (Wildman–Crippen MR) is 69.1 cm³/mol. The second kappa shape index (κ2) is 3.91. The predicted octanol–water partition coefficient (Wildman–Crippen LogP) is 3.19. The molecule has 82 valence electrons. The first-order valence-corrected chi connectivity index (χ1v) is 6.46. The molecule has 2 heterocycles. The summed E-state index contributed by atoms with van der Waals surface area (Å²) in [5, 5.41) is 3.14. The van der Waals surface area contributed by atoms with Crippen molar-refractivity contribution in [3.63, 3.8) is 0 Å². The first-order chi connectivity index (χ1) is 7.84. The summed E-state index contributed by atoms with van der Waals surface area (Å²) < 4.78 is 0. The van der Waals surface area contributed by atoms with E-state index in [4.69, 9.17) is 0 Å². The lowest BCUT2D eigenvalue weighted by Gasteiger charge is -2.27. The normalized spacial score (nSPS) is 14.9. The largest absolute Gasteiger partial charge is 0.374 e. The highest BCUT2D eigenvalue weighted by Crippen LogP contribution is 2.31. The van der Waals surface area contributed by atoms with E-state index in [0.717, 1.165) is 11.6 Å². The van der Waals surface area contributed by atoms with Crippen LogP contribution in [0.2, 0.25) is 0 Å². The summed E-state index contributed by atoms with van der Waals surface area (Å²) in [6.45, 7) is 1.16. The fraction of sp³-hybridized carbons (Fsp3) is 0.308. The van der Waals surface area contributed by atoms with Crippen molar-refractivity contribution >= 4 is 17.0 Å². The molecular formula is C13H14N2S. The van der Waals surface area contributed by atoms with Gasteiger partial charge in [0.2, 0.25) is 0 Å². The zero-order valence-corrected chi connectivity index (χ0v) is 10.1. The molecule has 0 radical (unpaired) electrons. The second-order valence-electron chi connectivity index (χ2n) is 4.21. The smallest absolute Gasteiger partial charge is 0.123 e. The van der Waals surface area contributed by atoms with E-state index in [1.807, 2.05) is 11.6 Å². The number of aryl methyl sites for hydroxylation is 1. The highest BCUT2D eigenvalue weighted by atomic mass is 32.1. The molecule has 0 saturated heterocycles. The Morgan fingerprint density at radius 2 is 2.31 bits per heavy atom. The Hall–Kier alpha value is -1.35. The Bertz CT molecular complexity index is 491. The zero-order valence-electron chi connectivity index (χ0n) is 9.31. The summed E-state index contributed by atoms with van der Waals surface area (Å²) in [5.74, 6) is 0. The number of rotatable bonds is 1. The van der Waals surface area contributed by atoms with Crippen LogP contribution in [0.4, 0.5) is 5.69 Å². The minimum Gasteiger partial charge on any atom is -0.374 e. The van der Waals surface area contributed by atoms with Crippen LogP contribution in [0.15, 0.2) is 29.8 Å². The van der Waals surface area contributed by atoms with Crippen LogP contribution >= 0.6 is 11.3 Å². The number of benzene rings is 1. The van der Waals surface area contributed by atoms with Gasteiger partial charge in [0, 0.05) is 36.4 Å². The van der Waals surface area contributed by atoms with Crippen LogP contribution in [0.1, 0.15) is 12.0 Å². The van der Waals surface area contributed by atoms with Crippen LogP contribution < -0.4 is 4.90 Å². The van der Waals surface area contributed by atoms with Gasteiger partial charge in [0.25, 0.3) is 0 Å². The molecule has 0 saturated carbocycles. The van der Waals surface area contributed by atoms with Gasteiger partial charge in [-0.2, -0.15) is 0 Å². The van der Waals surface area contributed by atoms with Crippen molar-refractivity contribution in [2.24, 2.45) is 0 Å². The van der Waals surface area contributed by atoms with Crippen LogP contribution in [-0.4, -0.2) is 18.6 Å². The van der Waals surface area contributed by atoms with E-state index in [-0.39, 0.29) is 0 Å². The molecule has 2 nitrogen and oxygen atoms in total. The summed E-state index contributed by atoms with van der Waals surface area (Å²) in [6, 6.07) is 6.71. The summed E-state index contributed by atoms with van der Waals surface area (Å²) in [6.07, 6.45) is 4.33. The Balaban J connectivity index is 2.07. The van der Waals surface area contributed by atoms with Crippen molar-refractivity contribution in [3.8, 4) is 10.6 Å². The van der Waals surface area contributed by atoms with Crippen molar-refractivity contribution in [1.29, 1.82) is 0 Å². The molecule has 1 aromatic heterocycles. The van der Waals surface area contributed by atoms with Crippen molar-refractivity contribution in [2.45, 2.75) is 12.8 Å². The topological polar surface area (TPSA) is 16.1 Å². The summed E-state index contributed by atoms with van der Waals surface area (Å²) in [7, 11) is 2.17. The van der Waals surface area contributed by atoms with Crippen LogP contribution in [-0.2, 0) is 6.42 Å². The third-order valence-corrected chi connectivity index (χ3v) is 3.94. The molecule has 16 heavy (non-hydrogen) atoms. The molecule has 0 aliphatic carbocycles. The third kappa shape index (κ3) is 1.61. The molecule has 0 atom stereocenters. The second-order valence-corrected chi connectivity index (χ2v) is 5.10. The SMILES string of the molecule is CN1CCCc2ccc(-c3nccs3)cc21. The first kappa shape index (κ1) is 9.85. The average Bonchev–Trinajstić information content (AvgIpc) is 2.83. The molecule has 0 fully saturated rings. The van der Waals surface area contributed by atoms with Crippen molar-refractivity contribution in [2.75, 3.05) is 18.5 Å².